The third-order valence-electron chi connectivity index (χ3n) is 3.53. The van der Waals surface area contributed by atoms with Crippen LogP contribution in [-0.2, 0) is 10.0 Å². The Kier molecular flexibility index (Phi) is 5.58. The van der Waals surface area contributed by atoms with Crippen molar-refractivity contribution < 1.29 is 13.5 Å². The highest BCUT2D eigenvalue weighted by Gasteiger charge is 2.13. The minimum absolute atomic E-state index is 0.136. The molecule has 0 saturated carbocycles. The first-order valence-electron chi connectivity index (χ1n) is 7.64. The molecule has 26 heavy (non-hydrogen) atoms. The lowest BCUT2D eigenvalue weighted by molar-refractivity contribution is 0.474. The smallest absolute Gasteiger partial charge is 0.261 e. The van der Waals surface area contributed by atoms with Crippen LogP contribution in [0.4, 0.5) is 11.4 Å². The lowest BCUT2D eigenvalue weighted by Gasteiger charge is -2.08. The highest BCUT2D eigenvalue weighted by molar-refractivity contribution is 14.1. The molecule has 0 saturated heterocycles. The zero-order valence-corrected chi connectivity index (χ0v) is 16.5. The summed E-state index contributed by atoms with van der Waals surface area (Å²) in [6.45, 7) is 0. The zero-order chi connectivity index (χ0) is 18.6. The number of hydrogen-bond donors (Lipinski definition) is 2. The monoisotopic (exact) mass is 478 g/mol. The van der Waals surface area contributed by atoms with E-state index in [2.05, 4.69) is 32.3 Å². The standard InChI is InChI=1S/C19H15IN2O3S/c20-15-5-7-17(8-6-15)22-26(24,25)18-11-9-16(10-12-18)21-13-14-3-1-2-4-19(14)23/h1-13,22-23H. The number of phenols is 1. The summed E-state index contributed by atoms with van der Waals surface area (Å²) in [5.74, 6) is 0.136. The van der Waals surface area contributed by atoms with Gasteiger partial charge in [0.15, 0.2) is 0 Å². The van der Waals surface area contributed by atoms with Crippen molar-refractivity contribution in [2.75, 3.05) is 4.72 Å². The number of nitrogens with zero attached hydrogens (tertiary/aromatic N) is 1. The van der Waals surface area contributed by atoms with Gasteiger partial charge in [-0.3, -0.25) is 9.71 Å². The topological polar surface area (TPSA) is 78.8 Å². The van der Waals surface area contributed by atoms with Crippen molar-refractivity contribution in [3.8, 4) is 5.75 Å². The van der Waals surface area contributed by atoms with Crippen LogP contribution in [0.3, 0.4) is 0 Å². The Bertz CT molecular complexity index is 1030. The molecule has 0 bridgehead atoms. The molecule has 2 N–H and O–H groups in total. The van der Waals surface area contributed by atoms with Crippen LogP contribution < -0.4 is 4.72 Å². The van der Waals surface area contributed by atoms with Crippen molar-refractivity contribution >= 4 is 50.2 Å². The molecule has 3 rings (SSSR count). The summed E-state index contributed by atoms with van der Waals surface area (Å²) in [6.07, 6.45) is 1.53. The number of aliphatic imine (C=N–C) groups is 1. The Morgan fingerprint density at radius 3 is 2.23 bits per heavy atom. The maximum Gasteiger partial charge on any atom is 0.261 e. The molecule has 0 aliphatic rings. The van der Waals surface area contributed by atoms with Gasteiger partial charge >= 0.3 is 0 Å². The van der Waals surface area contributed by atoms with E-state index in [9.17, 15) is 13.5 Å². The highest BCUT2D eigenvalue weighted by atomic mass is 127. The first kappa shape index (κ1) is 18.4. The Labute approximate surface area is 165 Å². The van der Waals surface area contributed by atoms with Crippen molar-refractivity contribution in [1.82, 2.24) is 0 Å². The van der Waals surface area contributed by atoms with Crippen LogP contribution in [0.1, 0.15) is 5.56 Å². The van der Waals surface area contributed by atoms with Gasteiger partial charge in [-0.1, -0.05) is 12.1 Å². The van der Waals surface area contributed by atoms with Gasteiger partial charge < -0.3 is 5.11 Å². The number of sulfonamides is 1. The summed E-state index contributed by atoms with van der Waals surface area (Å²) < 4.78 is 28.4. The van der Waals surface area contributed by atoms with Gasteiger partial charge in [0, 0.05) is 21.0 Å². The number of hydrogen-bond acceptors (Lipinski definition) is 4. The average Bonchev–Trinajstić information content (AvgIpc) is 2.63. The summed E-state index contributed by atoms with van der Waals surface area (Å²) in [7, 11) is -3.66. The van der Waals surface area contributed by atoms with Gasteiger partial charge in [-0.05, 0) is 83.3 Å². The van der Waals surface area contributed by atoms with Crippen LogP contribution in [0, 0.1) is 3.57 Å². The van der Waals surface area contributed by atoms with E-state index >= 15 is 0 Å². The van der Waals surface area contributed by atoms with Gasteiger partial charge in [-0.15, -0.1) is 0 Å². The number of para-hydroxylation sites is 1. The third-order valence-corrected chi connectivity index (χ3v) is 5.65. The van der Waals surface area contributed by atoms with Crippen LogP contribution in [0.25, 0.3) is 0 Å². The third kappa shape index (κ3) is 4.61. The van der Waals surface area contributed by atoms with Gasteiger partial charge in [0.05, 0.1) is 10.6 Å². The molecule has 132 valence electrons. The van der Waals surface area contributed by atoms with Gasteiger partial charge in [0.2, 0.25) is 0 Å². The lowest BCUT2D eigenvalue weighted by atomic mass is 10.2. The second-order valence-corrected chi connectivity index (χ2v) is 8.35. The largest absolute Gasteiger partial charge is 0.507 e. The molecule has 0 atom stereocenters. The molecule has 0 unspecified atom stereocenters. The second-order valence-electron chi connectivity index (χ2n) is 5.42. The Balaban J connectivity index is 1.76. The average molecular weight is 478 g/mol. The molecule has 0 aromatic heterocycles. The molecule has 0 aliphatic carbocycles. The molecular weight excluding hydrogens is 463 g/mol. The maximum absolute atomic E-state index is 12.4. The first-order valence-corrected chi connectivity index (χ1v) is 10.2. The first-order chi connectivity index (χ1) is 12.4. The van der Waals surface area contributed by atoms with Crippen LogP contribution in [0.2, 0.25) is 0 Å². The highest BCUT2D eigenvalue weighted by Crippen LogP contribution is 2.21. The Morgan fingerprint density at radius 1 is 0.923 bits per heavy atom. The van der Waals surface area contributed by atoms with Crippen molar-refractivity contribution in [2.24, 2.45) is 4.99 Å². The molecule has 7 heteroatoms. The number of rotatable bonds is 5. The number of anilines is 1. The van der Waals surface area contributed by atoms with Crippen LogP contribution in [0.5, 0.6) is 5.75 Å². The van der Waals surface area contributed by atoms with Gasteiger partial charge in [0.1, 0.15) is 5.75 Å². The number of aromatic hydroxyl groups is 1. The number of benzene rings is 3. The fraction of sp³-hybridized carbons (Fsp3) is 0. The minimum Gasteiger partial charge on any atom is -0.507 e. The molecule has 0 fully saturated rings. The van der Waals surface area contributed by atoms with Crippen molar-refractivity contribution in [2.45, 2.75) is 4.90 Å². The molecule has 3 aromatic rings. The van der Waals surface area contributed by atoms with E-state index in [4.69, 9.17) is 0 Å². The van der Waals surface area contributed by atoms with E-state index in [1.807, 2.05) is 12.1 Å². The van der Waals surface area contributed by atoms with Crippen molar-refractivity contribution in [3.63, 3.8) is 0 Å². The number of phenolic OH excluding ortho intramolecular Hbond substituents is 1. The van der Waals surface area contributed by atoms with E-state index in [1.165, 1.54) is 18.3 Å². The summed E-state index contributed by atoms with van der Waals surface area (Å²) in [5, 5.41) is 9.72. The molecule has 0 heterocycles. The van der Waals surface area contributed by atoms with E-state index < -0.39 is 10.0 Å². The predicted molar refractivity (Wildman–Crippen MR) is 112 cm³/mol. The van der Waals surface area contributed by atoms with E-state index in [0.29, 0.717) is 16.9 Å². The van der Waals surface area contributed by atoms with E-state index in [0.717, 1.165) is 3.57 Å². The number of nitrogens with one attached hydrogen (secondary N) is 1. The molecule has 0 spiro atoms. The zero-order valence-electron chi connectivity index (χ0n) is 13.5. The second kappa shape index (κ2) is 7.88. The SMILES string of the molecule is O=S(=O)(Nc1ccc(I)cc1)c1ccc(N=Cc2ccccc2O)cc1. The molecule has 0 amide bonds. The molecule has 3 aromatic carbocycles. The van der Waals surface area contributed by atoms with Crippen LogP contribution in [0.15, 0.2) is 82.7 Å². The van der Waals surface area contributed by atoms with Crippen LogP contribution in [-0.4, -0.2) is 19.7 Å². The van der Waals surface area contributed by atoms with Gasteiger partial charge in [-0.2, -0.15) is 0 Å². The van der Waals surface area contributed by atoms with Crippen LogP contribution >= 0.6 is 22.6 Å². The van der Waals surface area contributed by atoms with Gasteiger partial charge in [0.25, 0.3) is 10.0 Å². The van der Waals surface area contributed by atoms with Gasteiger partial charge in [-0.25, -0.2) is 8.42 Å². The summed E-state index contributed by atoms with van der Waals surface area (Å²) in [6, 6.07) is 20.1. The minimum atomic E-state index is -3.66. The maximum atomic E-state index is 12.4. The fourth-order valence-electron chi connectivity index (χ4n) is 2.18. The molecule has 0 radical (unpaired) electrons. The Hall–Kier alpha value is -2.39. The van der Waals surface area contributed by atoms with E-state index in [-0.39, 0.29) is 10.6 Å². The quantitative estimate of drug-likeness (QED) is 0.417. The molecule has 5 nitrogen and oxygen atoms in total. The predicted octanol–water partition coefficient (Wildman–Crippen LogP) is 4.55. The molecular formula is C19H15IN2O3S. The Morgan fingerprint density at radius 2 is 1.58 bits per heavy atom. The van der Waals surface area contributed by atoms with Crippen molar-refractivity contribution in [1.29, 1.82) is 0 Å². The lowest BCUT2D eigenvalue weighted by Crippen LogP contribution is -2.12. The fourth-order valence-corrected chi connectivity index (χ4v) is 3.60. The summed E-state index contributed by atoms with van der Waals surface area (Å²) in [4.78, 5) is 4.40. The number of halogens is 1. The summed E-state index contributed by atoms with van der Waals surface area (Å²) >= 11 is 2.16. The summed E-state index contributed by atoms with van der Waals surface area (Å²) in [5.41, 5.74) is 1.68. The molecule has 0 aliphatic heterocycles. The van der Waals surface area contributed by atoms with Crippen molar-refractivity contribution in [3.05, 3.63) is 81.9 Å². The normalized spacial score (nSPS) is 11.6. The van der Waals surface area contributed by atoms with E-state index in [1.54, 1.807) is 48.5 Å².